The number of alkyl halides is 3. The quantitative estimate of drug-likeness (QED) is 0.586. The molecule has 0 aliphatic rings. The van der Waals surface area contributed by atoms with E-state index in [1.807, 2.05) is 0 Å². The molecule has 10 heteroatoms. The molecule has 5 nitrogen and oxygen atoms in total. The Labute approximate surface area is 169 Å². The van der Waals surface area contributed by atoms with Gasteiger partial charge in [0, 0.05) is 13.2 Å². The summed E-state index contributed by atoms with van der Waals surface area (Å²) < 4.78 is 54.4. The number of amides is 1. The summed E-state index contributed by atoms with van der Waals surface area (Å²) in [7, 11) is 1.46. The van der Waals surface area contributed by atoms with Crippen LogP contribution in [-0.4, -0.2) is 32.8 Å². The topological polar surface area (TPSA) is 56.8 Å². The molecular formula is C18H16Cl2F3NO4. The zero-order valence-electron chi connectivity index (χ0n) is 14.6. The molecular weight excluding hydrogens is 422 g/mol. The second kappa shape index (κ2) is 9.86. The van der Waals surface area contributed by atoms with Gasteiger partial charge in [-0.2, -0.15) is 13.2 Å². The highest BCUT2D eigenvalue weighted by molar-refractivity contribution is 6.42. The van der Waals surface area contributed by atoms with E-state index in [9.17, 15) is 18.0 Å². The van der Waals surface area contributed by atoms with E-state index in [-0.39, 0.29) is 35.4 Å². The molecule has 2 aromatic rings. The summed E-state index contributed by atoms with van der Waals surface area (Å²) >= 11 is 11.6. The van der Waals surface area contributed by atoms with Crippen LogP contribution in [-0.2, 0) is 15.7 Å². The Balaban J connectivity index is 2.09. The number of hydrogen-bond acceptors (Lipinski definition) is 4. The van der Waals surface area contributed by atoms with Gasteiger partial charge in [-0.1, -0.05) is 23.2 Å². The molecule has 0 bridgehead atoms. The van der Waals surface area contributed by atoms with Crippen molar-refractivity contribution in [1.29, 1.82) is 0 Å². The van der Waals surface area contributed by atoms with Gasteiger partial charge in [0.25, 0.3) is 5.91 Å². The SMILES string of the molecule is COCCOc1ccc(C(F)(F)F)cc1NC(=O)COc1ccc(Cl)c(Cl)c1. The molecule has 0 aromatic heterocycles. The number of anilines is 1. The van der Waals surface area contributed by atoms with Crippen LogP contribution in [0.15, 0.2) is 36.4 Å². The van der Waals surface area contributed by atoms with Gasteiger partial charge >= 0.3 is 6.18 Å². The van der Waals surface area contributed by atoms with E-state index >= 15 is 0 Å². The first-order valence-electron chi connectivity index (χ1n) is 7.91. The molecule has 0 aliphatic carbocycles. The van der Waals surface area contributed by atoms with Crippen LogP contribution in [0.25, 0.3) is 0 Å². The number of carbonyl (C=O) groups excluding carboxylic acids is 1. The first-order chi connectivity index (χ1) is 13.2. The summed E-state index contributed by atoms with van der Waals surface area (Å²) in [5.74, 6) is -0.319. The third kappa shape index (κ3) is 6.47. The minimum atomic E-state index is -4.57. The number of rotatable bonds is 8. The van der Waals surface area contributed by atoms with Gasteiger partial charge < -0.3 is 19.5 Å². The van der Waals surface area contributed by atoms with E-state index in [1.165, 1.54) is 25.3 Å². The summed E-state index contributed by atoms with van der Waals surface area (Å²) in [4.78, 5) is 12.1. The smallest absolute Gasteiger partial charge is 0.416 e. The number of ether oxygens (including phenoxy) is 3. The van der Waals surface area contributed by atoms with Gasteiger partial charge in [0.1, 0.15) is 18.1 Å². The number of benzene rings is 2. The number of carbonyl (C=O) groups is 1. The first-order valence-corrected chi connectivity index (χ1v) is 8.67. The number of methoxy groups -OCH3 is 1. The van der Waals surface area contributed by atoms with Gasteiger partial charge in [-0.15, -0.1) is 0 Å². The van der Waals surface area contributed by atoms with Crippen molar-refractivity contribution in [3.8, 4) is 11.5 Å². The van der Waals surface area contributed by atoms with E-state index in [4.69, 9.17) is 37.4 Å². The van der Waals surface area contributed by atoms with Crippen LogP contribution in [0.5, 0.6) is 11.5 Å². The maximum absolute atomic E-state index is 13.0. The Kier molecular flexibility index (Phi) is 7.79. The Morgan fingerprint density at radius 1 is 1.04 bits per heavy atom. The Bertz CT molecular complexity index is 831. The number of halogens is 5. The molecule has 0 saturated carbocycles. The maximum atomic E-state index is 13.0. The highest BCUT2D eigenvalue weighted by atomic mass is 35.5. The Morgan fingerprint density at radius 2 is 1.79 bits per heavy atom. The van der Waals surface area contributed by atoms with Crippen LogP contribution in [0.1, 0.15) is 5.56 Å². The molecule has 2 aromatic carbocycles. The zero-order chi connectivity index (χ0) is 20.7. The van der Waals surface area contributed by atoms with Crippen molar-refractivity contribution in [2.45, 2.75) is 6.18 Å². The van der Waals surface area contributed by atoms with E-state index in [0.717, 1.165) is 18.2 Å². The summed E-state index contributed by atoms with van der Waals surface area (Å²) in [6.45, 7) is -0.120. The van der Waals surface area contributed by atoms with Crippen LogP contribution < -0.4 is 14.8 Å². The molecule has 0 fully saturated rings. The Hall–Kier alpha value is -2.16. The van der Waals surface area contributed by atoms with Crippen LogP contribution in [0.4, 0.5) is 18.9 Å². The first kappa shape index (κ1) is 22.1. The van der Waals surface area contributed by atoms with Crippen molar-refractivity contribution in [3.63, 3.8) is 0 Å². The van der Waals surface area contributed by atoms with Crippen molar-refractivity contribution in [3.05, 3.63) is 52.0 Å². The summed E-state index contributed by atoms with van der Waals surface area (Å²) in [6, 6.07) is 7.20. The van der Waals surface area contributed by atoms with E-state index in [0.29, 0.717) is 5.02 Å². The van der Waals surface area contributed by atoms with Gasteiger partial charge in [-0.3, -0.25) is 4.79 Å². The van der Waals surface area contributed by atoms with Crippen molar-refractivity contribution in [2.24, 2.45) is 0 Å². The number of nitrogens with one attached hydrogen (secondary N) is 1. The molecule has 1 amide bonds. The lowest BCUT2D eigenvalue weighted by Gasteiger charge is -2.15. The molecule has 0 unspecified atom stereocenters. The van der Waals surface area contributed by atoms with E-state index in [1.54, 1.807) is 0 Å². The van der Waals surface area contributed by atoms with Gasteiger partial charge in [-0.25, -0.2) is 0 Å². The summed E-state index contributed by atoms with van der Waals surface area (Å²) in [6.07, 6.45) is -4.57. The van der Waals surface area contributed by atoms with Crippen LogP contribution in [0.2, 0.25) is 10.0 Å². The van der Waals surface area contributed by atoms with Gasteiger partial charge in [0.15, 0.2) is 6.61 Å². The van der Waals surface area contributed by atoms with Crippen LogP contribution >= 0.6 is 23.2 Å². The lowest BCUT2D eigenvalue weighted by atomic mass is 10.1. The highest BCUT2D eigenvalue weighted by Gasteiger charge is 2.31. The fourth-order valence-corrected chi connectivity index (χ4v) is 2.35. The molecule has 28 heavy (non-hydrogen) atoms. The van der Waals surface area contributed by atoms with Gasteiger partial charge in [0.05, 0.1) is 27.9 Å². The predicted octanol–water partition coefficient (Wildman–Crippen LogP) is 5.05. The minimum absolute atomic E-state index is 0.0768. The zero-order valence-corrected chi connectivity index (χ0v) is 16.1. The highest BCUT2D eigenvalue weighted by Crippen LogP contribution is 2.35. The minimum Gasteiger partial charge on any atom is -0.489 e. The largest absolute Gasteiger partial charge is 0.489 e. The fourth-order valence-electron chi connectivity index (χ4n) is 2.07. The maximum Gasteiger partial charge on any atom is 0.416 e. The van der Waals surface area contributed by atoms with E-state index < -0.39 is 24.3 Å². The molecule has 0 saturated heterocycles. The van der Waals surface area contributed by atoms with Crippen LogP contribution in [0, 0.1) is 0 Å². The van der Waals surface area contributed by atoms with Gasteiger partial charge in [0.2, 0.25) is 0 Å². The van der Waals surface area contributed by atoms with Crippen molar-refractivity contribution < 1.29 is 32.2 Å². The lowest BCUT2D eigenvalue weighted by molar-refractivity contribution is -0.137. The third-order valence-electron chi connectivity index (χ3n) is 3.39. The summed E-state index contributed by atoms with van der Waals surface area (Å²) in [5.41, 5.74) is -1.05. The molecule has 0 aliphatic heterocycles. The molecule has 0 radical (unpaired) electrons. The van der Waals surface area contributed by atoms with Crippen molar-refractivity contribution >= 4 is 34.8 Å². The van der Waals surface area contributed by atoms with Crippen LogP contribution in [0.3, 0.4) is 0 Å². The fraction of sp³-hybridized carbons (Fsp3) is 0.278. The molecule has 0 spiro atoms. The summed E-state index contributed by atoms with van der Waals surface area (Å²) in [5, 5.41) is 2.92. The van der Waals surface area contributed by atoms with E-state index in [2.05, 4.69) is 5.32 Å². The Morgan fingerprint density at radius 3 is 2.43 bits per heavy atom. The lowest BCUT2D eigenvalue weighted by Crippen LogP contribution is -2.21. The number of hydrogen-bond donors (Lipinski definition) is 1. The normalized spacial score (nSPS) is 11.2. The average molecular weight is 438 g/mol. The molecule has 152 valence electrons. The second-order valence-corrected chi connectivity index (χ2v) is 6.28. The van der Waals surface area contributed by atoms with Crippen molar-refractivity contribution in [2.75, 3.05) is 32.2 Å². The average Bonchev–Trinajstić information content (AvgIpc) is 2.63. The third-order valence-corrected chi connectivity index (χ3v) is 4.13. The molecule has 1 N–H and O–H groups in total. The van der Waals surface area contributed by atoms with Crippen molar-refractivity contribution in [1.82, 2.24) is 0 Å². The molecule has 2 rings (SSSR count). The molecule has 0 atom stereocenters. The second-order valence-electron chi connectivity index (χ2n) is 5.46. The van der Waals surface area contributed by atoms with Gasteiger partial charge in [-0.05, 0) is 30.3 Å². The predicted molar refractivity (Wildman–Crippen MR) is 99.4 cm³/mol. The monoisotopic (exact) mass is 437 g/mol. The standard InChI is InChI=1S/C18H16Cl2F3NO4/c1-26-6-7-27-16-5-2-11(18(21,22)23)8-15(16)24-17(25)10-28-12-3-4-13(19)14(20)9-12/h2-5,8-9H,6-7,10H2,1H3,(H,24,25). The molecule has 0 heterocycles.